The van der Waals surface area contributed by atoms with E-state index in [1.165, 1.54) is 5.56 Å². The van der Waals surface area contributed by atoms with E-state index in [2.05, 4.69) is 38.3 Å². The molecule has 0 fully saturated rings. The molecule has 0 aliphatic carbocycles. The fourth-order valence-corrected chi connectivity index (χ4v) is 3.78. The first-order chi connectivity index (χ1) is 12.4. The van der Waals surface area contributed by atoms with Crippen molar-refractivity contribution in [2.24, 2.45) is 7.05 Å². The maximum Gasteiger partial charge on any atom is 0.191 e. The summed E-state index contributed by atoms with van der Waals surface area (Å²) in [5.41, 5.74) is 2.33. The molecule has 0 saturated carbocycles. The Labute approximate surface area is 171 Å². The summed E-state index contributed by atoms with van der Waals surface area (Å²) in [5.74, 6) is 2.25. The van der Waals surface area contributed by atoms with Crippen molar-refractivity contribution < 1.29 is 4.74 Å². The van der Waals surface area contributed by atoms with Crippen LogP contribution in [0, 0.1) is 6.92 Å². The van der Waals surface area contributed by atoms with Crippen LogP contribution in [-0.4, -0.2) is 14.8 Å². The summed E-state index contributed by atoms with van der Waals surface area (Å²) in [6, 6.07) is 14.0. The van der Waals surface area contributed by atoms with Crippen LogP contribution in [-0.2, 0) is 12.8 Å². The highest BCUT2D eigenvalue weighted by Crippen LogP contribution is 2.30. The van der Waals surface area contributed by atoms with Crippen molar-refractivity contribution >= 4 is 39.3 Å². The van der Waals surface area contributed by atoms with Crippen molar-refractivity contribution in [3.8, 4) is 5.75 Å². The second-order valence-corrected chi connectivity index (χ2v) is 8.27. The number of rotatable bonds is 6. The number of thioether (sulfide) groups is 1. The first-order valence-electron chi connectivity index (χ1n) is 8.13. The Balaban J connectivity index is 1.69. The van der Waals surface area contributed by atoms with Crippen LogP contribution in [0.2, 0.25) is 5.02 Å². The van der Waals surface area contributed by atoms with Gasteiger partial charge in [0.05, 0.1) is 5.02 Å². The largest absolute Gasteiger partial charge is 0.481 e. The molecular formula is C19H19BrClN3OS. The van der Waals surface area contributed by atoms with Gasteiger partial charge >= 0.3 is 0 Å². The zero-order valence-corrected chi connectivity index (χ0v) is 17.9. The monoisotopic (exact) mass is 451 g/mol. The van der Waals surface area contributed by atoms with E-state index in [4.69, 9.17) is 16.3 Å². The van der Waals surface area contributed by atoms with E-state index in [0.29, 0.717) is 10.8 Å². The van der Waals surface area contributed by atoms with Gasteiger partial charge in [0.2, 0.25) is 0 Å². The van der Waals surface area contributed by atoms with E-state index < -0.39 is 0 Å². The third-order valence-electron chi connectivity index (χ3n) is 3.90. The summed E-state index contributed by atoms with van der Waals surface area (Å²) in [6.45, 7) is 3.96. The van der Waals surface area contributed by atoms with Crippen molar-refractivity contribution in [3.63, 3.8) is 0 Å². The molecule has 1 unspecified atom stereocenters. The molecule has 2 aromatic carbocycles. The van der Waals surface area contributed by atoms with E-state index >= 15 is 0 Å². The van der Waals surface area contributed by atoms with Gasteiger partial charge in [-0.25, -0.2) is 0 Å². The van der Waals surface area contributed by atoms with Crippen molar-refractivity contribution in [1.82, 2.24) is 14.8 Å². The molecular weight excluding hydrogens is 434 g/mol. The van der Waals surface area contributed by atoms with Gasteiger partial charge in [0.1, 0.15) is 5.75 Å². The molecule has 3 rings (SSSR count). The number of nitrogens with zero attached hydrogens (tertiary/aromatic N) is 3. The predicted molar refractivity (Wildman–Crippen MR) is 110 cm³/mol. The summed E-state index contributed by atoms with van der Waals surface area (Å²) < 4.78 is 9.06. The van der Waals surface area contributed by atoms with E-state index in [1.54, 1.807) is 11.8 Å². The topological polar surface area (TPSA) is 39.9 Å². The Bertz CT molecular complexity index is 898. The molecule has 3 aromatic rings. The number of halogens is 2. The lowest BCUT2D eigenvalue weighted by Gasteiger charge is -2.15. The predicted octanol–water partition coefficient (Wildman–Crippen LogP) is 5.97. The highest BCUT2D eigenvalue weighted by Gasteiger charge is 2.18. The lowest BCUT2D eigenvalue weighted by Crippen LogP contribution is -2.10. The highest BCUT2D eigenvalue weighted by atomic mass is 79.9. The first-order valence-corrected chi connectivity index (χ1v) is 10.3. The summed E-state index contributed by atoms with van der Waals surface area (Å²) in [4.78, 5) is 0. The van der Waals surface area contributed by atoms with Crippen molar-refractivity contribution in [2.45, 2.75) is 30.9 Å². The maximum absolute atomic E-state index is 6.23. The Hall–Kier alpha value is -1.50. The number of aromatic nitrogens is 3. The number of ether oxygens (including phenoxy) is 1. The molecule has 136 valence electrons. The second-order valence-electron chi connectivity index (χ2n) is 6.01. The molecule has 0 spiro atoms. The second kappa shape index (κ2) is 8.46. The fraction of sp³-hybridized carbons (Fsp3) is 0.263. The van der Waals surface area contributed by atoms with Gasteiger partial charge in [-0.2, -0.15) is 0 Å². The molecule has 0 N–H and O–H groups in total. The van der Waals surface area contributed by atoms with E-state index in [0.717, 1.165) is 26.8 Å². The quantitative estimate of drug-likeness (QED) is 0.432. The van der Waals surface area contributed by atoms with Gasteiger partial charge in [-0.05, 0) is 49.2 Å². The van der Waals surface area contributed by atoms with Gasteiger partial charge in [0.25, 0.3) is 0 Å². The molecule has 0 radical (unpaired) electrons. The molecule has 0 aliphatic rings. The summed E-state index contributed by atoms with van der Waals surface area (Å²) in [6.07, 6.45) is -0.256. The van der Waals surface area contributed by atoms with Crippen LogP contribution in [0.1, 0.15) is 30.0 Å². The molecule has 4 nitrogen and oxygen atoms in total. The smallest absolute Gasteiger partial charge is 0.191 e. The molecule has 1 aromatic heterocycles. The third-order valence-corrected chi connectivity index (χ3v) is 5.84. The van der Waals surface area contributed by atoms with Crippen molar-refractivity contribution in [1.29, 1.82) is 0 Å². The zero-order chi connectivity index (χ0) is 18.7. The van der Waals surface area contributed by atoms with Crippen molar-refractivity contribution in [3.05, 3.63) is 68.9 Å². The van der Waals surface area contributed by atoms with Crippen LogP contribution in [0.25, 0.3) is 0 Å². The van der Waals surface area contributed by atoms with Crippen LogP contribution >= 0.6 is 39.3 Å². The summed E-state index contributed by atoms with van der Waals surface area (Å²) in [5, 5.41) is 10.1. The van der Waals surface area contributed by atoms with Crippen molar-refractivity contribution in [2.75, 3.05) is 0 Å². The van der Waals surface area contributed by atoms with Gasteiger partial charge in [-0.3, -0.25) is 0 Å². The van der Waals surface area contributed by atoms with Crippen LogP contribution in [0.4, 0.5) is 0 Å². The number of hydrogen-bond acceptors (Lipinski definition) is 4. The number of hydrogen-bond donors (Lipinski definition) is 0. The molecule has 26 heavy (non-hydrogen) atoms. The molecule has 0 saturated heterocycles. The van der Waals surface area contributed by atoms with Crippen LogP contribution in [0.3, 0.4) is 0 Å². The Kier molecular flexibility index (Phi) is 6.27. The minimum absolute atomic E-state index is 0.256. The van der Waals surface area contributed by atoms with E-state index in [1.807, 2.05) is 55.8 Å². The number of aryl methyl sites for hydroxylation is 1. The summed E-state index contributed by atoms with van der Waals surface area (Å²) >= 11 is 11.3. The van der Waals surface area contributed by atoms with Gasteiger partial charge in [-0.15, -0.1) is 10.2 Å². The van der Waals surface area contributed by atoms with Gasteiger partial charge in [0.15, 0.2) is 17.1 Å². The minimum atomic E-state index is -0.256. The van der Waals surface area contributed by atoms with Crippen LogP contribution in [0.15, 0.2) is 52.1 Å². The summed E-state index contributed by atoms with van der Waals surface area (Å²) in [7, 11) is 1.96. The minimum Gasteiger partial charge on any atom is -0.481 e. The molecule has 0 aliphatic heterocycles. The van der Waals surface area contributed by atoms with Gasteiger partial charge < -0.3 is 9.30 Å². The van der Waals surface area contributed by atoms with Gasteiger partial charge in [-0.1, -0.05) is 57.5 Å². The van der Waals surface area contributed by atoms with Crippen LogP contribution < -0.4 is 4.74 Å². The average molecular weight is 453 g/mol. The molecule has 1 heterocycles. The zero-order valence-electron chi connectivity index (χ0n) is 14.7. The standard InChI is InChI=1S/C19H19BrClN3OS/c1-12-4-9-16(21)17(10-12)25-13(2)18-22-23-19(24(18)3)26-11-14-5-7-15(20)8-6-14/h4-10,13H,11H2,1-3H3. The van der Waals surface area contributed by atoms with Gasteiger partial charge in [0, 0.05) is 17.3 Å². The number of benzene rings is 2. The lowest BCUT2D eigenvalue weighted by atomic mass is 10.2. The normalized spacial score (nSPS) is 12.2. The molecule has 7 heteroatoms. The average Bonchev–Trinajstić information content (AvgIpc) is 2.98. The molecule has 0 amide bonds. The maximum atomic E-state index is 6.23. The Morgan fingerprint density at radius 2 is 1.92 bits per heavy atom. The van der Waals surface area contributed by atoms with Crippen LogP contribution in [0.5, 0.6) is 5.75 Å². The Morgan fingerprint density at radius 3 is 2.65 bits per heavy atom. The molecule has 0 bridgehead atoms. The fourth-order valence-electron chi connectivity index (χ4n) is 2.48. The lowest BCUT2D eigenvalue weighted by molar-refractivity contribution is 0.211. The molecule has 1 atom stereocenters. The third kappa shape index (κ3) is 4.61. The Morgan fingerprint density at radius 1 is 1.19 bits per heavy atom. The highest BCUT2D eigenvalue weighted by molar-refractivity contribution is 9.10. The SMILES string of the molecule is Cc1ccc(Cl)c(OC(C)c2nnc(SCc3ccc(Br)cc3)n2C)c1. The van der Waals surface area contributed by atoms with E-state index in [-0.39, 0.29) is 6.10 Å². The first kappa shape index (κ1) is 19.3. The van der Waals surface area contributed by atoms with E-state index in [9.17, 15) is 0 Å².